The predicted octanol–water partition coefficient (Wildman–Crippen LogP) is 4.80. The minimum absolute atomic E-state index is 0.359. The SMILES string of the molecule is Cc1ccccc1Cn1c(C#N)cnc1-c1ccc(C(F)(F)F)cc1. The summed E-state index contributed by atoms with van der Waals surface area (Å²) < 4.78 is 39.9. The second-order valence-electron chi connectivity index (χ2n) is 5.67. The fourth-order valence-electron chi connectivity index (χ4n) is 2.62. The molecule has 0 N–H and O–H groups in total. The van der Waals surface area contributed by atoms with E-state index in [9.17, 15) is 18.4 Å². The third-order valence-electron chi connectivity index (χ3n) is 4.03. The van der Waals surface area contributed by atoms with Gasteiger partial charge in [-0.2, -0.15) is 18.4 Å². The van der Waals surface area contributed by atoms with E-state index in [2.05, 4.69) is 11.1 Å². The van der Waals surface area contributed by atoms with Crippen LogP contribution >= 0.6 is 0 Å². The van der Waals surface area contributed by atoms with Gasteiger partial charge in [-0.15, -0.1) is 0 Å². The number of hydrogen-bond donors (Lipinski definition) is 0. The summed E-state index contributed by atoms with van der Waals surface area (Å²) in [4.78, 5) is 4.23. The molecule has 0 aliphatic heterocycles. The van der Waals surface area contributed by atoms with Crippen molar-refractivity contribution < 1.29 is 13.2 Å². The van der Waals surface area contributed by atoms with Gasteiger partial charge in [0.25, 0.3) is 0 Å². The van der Waals surface area contributed by atoms with Gasteiger partial charge in [0, 0.05) is 5.56 Å². The Hall–Kier alpha value is -3.07. The van der Waals surface area contributed by atoms with Crippen LogP contribution in [-0.2, 0) is 12.7 Å². The van der Waals surface area contributed by atoms with Crippen LogP contribution in [0.5, 0.6) is 0 Å². The quantitative estimate of drug-likeness (QED) is 0.687. The van der Waals surface area contributed by atoms with Gasteiger partial charge in [0.05, 0.1) is 18.3 Å². The van der Waals surface area contributed by atoms with Gasteiger partial charge in [0.1, 0.15) is 17.6 Å². The Balaban J connectivity index is 2.02. The first kappa shape index (κ1) is 16.8. The molecule has 0 saturated carbocycles. The number of alkyl halides is 3. The minimum atomic E-state index is -4.38. The Labute approximate surface area is 143 Å². The maximum Gasteiger partial charge on any atom is 0.416 e. The maximum absolute atomic E-state index is 12.7. The van der Waals surface area contributed by atoms with E-state index in [1.165, 1.54) is 18.3 Å². The van der Waals surface area contributed by atoms with E-state index in [-0.39, 0.29) is 0 Å². The van der Waals surface area contributed by atoms with Crippen LogP contribution in [0.15, 0.2) is 54.7 Å². The second kappa shape index (κ2) is 6.44. The summed E-state index contributed by atoms with van der Waals surface area (Å²) in [5, 5.41) is 9.32. The van der Waals surface area contributed by atoms with Crippen LogP contribution in [0.2, 0.25) is 0 Å². The monoisotopic (exact) mass is 341 g/mol. The molecule has 0 radical (unpaired) electrons. The largest absolute Gasteiger partial charge is 0.416 e. The number of nitrogens with zero attached hydrogens (tertiary/aromatic N) is 3. The molecule has 0 unspecified atom stereocenters. The number of aryl methyl sites for hydroxylation is 1. The van der Waals surface area contributed by atoms with E-state index in [1.807, 2.05) is 31.2 Å². The highest BCUT2D eigenvalue weighted by Crippen LogP contribution is 2.31. The zero-order chi connectivity index (χ0) is 18.0. The zero-order valence-corrected chi connectivity index (χ0v) is 13.4. The van der Waals surface area contributed by atoms with Gasteiger partial charge in [-0.05, 0) is 30.2 Å². The number of rotatable bonds is 3. The fourth-order valence-corrected chi connectivity index (χ4v) is 2.62. The zero-order valence-electron chi connectivity index (χ0n) is 13.4. The molecule has 0 spiro atoms. The summed E-state index contributed by atoms with van der Waals surface area (Å²) in [6.07, 6.45) is -2.95. The molecule has 1 heterocycles. The van der Waals surface area contributed by atoms with Crippen molar-refractivity contribution in [2.75, 3.05) is 0 Å². The first-order valence-electron chi connectivity index (χ1n) is 7.58. The highest BCUT2D eigenvalue weighted by Gasteiger charge is 2.30. The lowest BCUT2D eigenvalue weighted by Gasteiger charge is -2.12. The lowest BCUT2D eigenvalue weighted by molar-refractivity contribution is -0.137. The molecule has 1 aromatic heterocycles. The number of aromatic nitrogens is 2. The molecule has 3 aromatic rings. The van der Waals surface area contributed by atoms with Crippen LogP contribution in [0, 0.1) is 18.3 Å². The van der Waals surface area contributed by atoms with Gasteiger partial charge >= 0.3 is 6.18 Å². The normalized spacial score (nSPS) is 11.3. The predicted molar refractivity (Wildman–Crippen MR) is 87.7 cm³/mol. The van der Waals surface area contributed by atoms with E-state index in [0.717, 1.165) is 23.3 Å². The van der Waals surface area contributed by atoms with Crippen LogP contribution < -0.4 is 0 Å². The number of hydrogen-bond acceptors (Lipinski definition) is 2. The van der Waals surface area contributed by atoms with Crippen molar-refractivity contribution in [3.05, 3.63) is 77.1 Å². The number of halogens is 3. The van der Waals surface area contributed by atoms with Crippen molar-refractivity contribution in [1.29, 1.82) is 5.26 Å². The Morgan fingerprint density at radius 2 is 1.76 bits per heavy atom. The van der Waals surface area contributed by atoms with E-state index >= 15 is 0 Å². The summed E-state index contributed by atoms with van der Waals surface area (Å²) >= 11 is 0. The molecular formula is C19H14F3N3. The summed E-state index contributed by atoms with van der Waals surface area (Å²) in [5.41, 5.74) is 2.26. The summed E-state index contributed by atoms with van der Waals surface area (Å²) in [6, 6.07) is 14.6. The lowest BCUT2D eigenvalue weighted by atomic mass is 10.1. The average molecular weight is 341 g/mol. The molecule has 6 heteroatoms. The van der Waals surface area contributed by atoms with E-state index < -0.39 is 11.7 Å². The van der Waals surface area contributed by atoms with Crippen LogP contribution in [0.1, 0.15) is 22.4 Å². The van der Waals surface area contributed by atoms with E-state index in [0.29, 0.717) is 23.6 Å². The highest BCUT2D eigenvalue weighted by atomic mass is 19.4. The number of imidazole rings is 1. The topological polar surface area (TPSA) is 41.6 Å². The molecule has 25 heavy (non-hydrogen) atoms. The number of nitriles is 1. The molecule has 3 rings (SSSR count). The third-order valence-corrected chi connectivity index (χ3v) is 4.03. The third kappa shape index (κ3) is 3.41. The van der Waals surface area contributed by atoms with E-state index in [4.69, 9.17) is 0 Å². The Morgan fingerprint density at radius 1 is 1.08 bits per heavy atom. The van der Waals surface area contributed by atoms with Crippen molar-refractivity contribution in [3.8, 4) is 17.5 Å². The summed E-state index contributed by atoms with van der Waals surface area (Å²) in [7, 11) is 0. The lowest BCUT2D eigenvalue weighted by Crippen LogP contribution is -2.07. The van der Waals surface area contributed by atoms with Crippen molar-refractivity contribution in [1.82, 2.24) is 9.55 Å². The highest BCUT2D eigenvalue weighted by molar-refractivity contribution is 5.58. The molecule has 0 aliphatic rings. The number of benzene rings is 2. The van der Waals surface area contributed by atoms with Gasteiger partial charge in [0.2, 0.25) is 0 Å². The first-order valence-corrected chi connectivity index (χ1v) is 7.58. The van der Waals surface area contributed by atoms with Gasteiger partial charge in [-0.25, -0.2) is 4.98 Å². The average Bonchev–Trinajstić information content (AvgIpc) is 2.99. The molecule has 0 aliphatic carbocycles. The molecule has 126 valence electrons. The van der Waals surface area contributed by atoms with E-state index in [1.54, 1.807) is 4.57 Å². The first-order chi connectivity index (χ1) is 11.9. The van der Waals surface area contributed by atoms with Crippen LogP contribution in [0.25, 0.3) is 11.4 Å². The summed E-state index contributed by atoms with van der Waals surface area (Å²) in [5.74, 6) is 0.466. The molecule has 2 aromatic carbocycles. The Kier molecular flexibility index (Phi) is 4.32. The molecule has 3 nitrogen and oxygen atoms in total. The smallest absolute Gasteiger partial charge is 0.311 e. The van der Waals surface area contributed by atoms with Crippen molar-refractivity contribution in [2.24, 2.45) is 0 Å². The Morgan fingerprint density at radius 3 is 2.36 bits per heavy atom. The molecular weight excluding hydrogens is 327 g/mol. The summed E-state index contributed by atoms with van der Waals surface area (Å²) in [6.45, 7) is 2.39. The fraction of sp³-hybridized carbons (Fsp3) is 0.158. The maximum atomic E-state index is 12.7. The van der Waals surface area contributed by atoms with Gasteiger partial charge in [-0.1, -0.05) is 36.4 Å². The standard InChI is InChI=1S/C19H14F3N3/c1-13-4-2-3-5-15(13)12-25-17(10-23)11-24-18(25)14-6-8-16(9-7-14)19(20,21)22/h2-9,11H,12H2,1H3. The van der Waals surface area contributed by atoms with Crippen LogP contribution in [-0.4, -0.2) is 9.55 Å². The van der Waals surface area contributed by atoms with Crippen LogP contribution in [0.3, 0.4) is 0 Å². The molecule has 0 amide bonds. The molecule has 0 fully saturated rings. The van der Waals surface area contributed by atoms with Crippen LogP contribution in [0.4, 0.5) is 13.2 Å². The van der Waals surface area contributed by atoms with Crippen molar-refractivity contribution in [2.45, 2.75) is 19.6 Å². The molecule has 0 bridgehead atoms. The van der Waals surface area contributed by atoms with Crippen molar-refractivity contribution >= 4 is 0 Å². The molecule has 0 atom stereocenters. The van der Waals surface area contributed by atoms with Gasteiger partial charge < -0.3 is 4.57 Å². The minimum Gasteiger partial charge on any atom is -0.311 e. The van der Waals surface area contributed by atoms with Crippen molar-refractivity contribution in [3.63, 3.8) is 0 Å². The van der Waals surface area contributed by atoms with Gasteiger partial charge in [0.15, 0.2) is 0 Å². The Bertz CT molecular complexity index is 932. The second-order valence-corrected chi connectivity index (χ2v) is 5.67. The van der Waals surface area contributed by atoms with Gasteiger partial charge in [-0.3, -0.25) is 0 Å². The molecule has 0 saturated heterocycles.